The van der Waals surface area contributed by atoms with E-state index in [2.05, 4.69) is 22.5 Å². The van der Waals surface area contributed by atoms with E-state index < -0.39 is 0 Å². The van der Waals surface area contributed by atoms with Gasteiger partial charge in [0, 0.05) is 18.8 Å². The molecule has 0 spiro atoms. The molecule has 1 aromatic heterocycles. The molecule has 1 amide bonds. The number of thiocarbonyl (C=S) groups is 1. The normalized spacial score (nSPS) is 14.6. The van der Waals surface area contributed by atoms with Crippen molar-refractivity contribution in [2.75, 3.05) is 12.0 Å². The summed E-state index contributed by atoms with van der Waals surface area (Å²) in [7, 11) is 3.44. The molecule has 8 heteroatoms. The number of fused-ring (bicyclic) bond motifs is 1. The van der Waals surface area contributed by atoms with Crippen LogP contribution in [-0.2, 0) is 18.4 Å². The first-order valence-corrected chi connectivity index (χ1v) is 11.5. The van der Waals surface area contributed by atoms with Crippen LogP contribution in [0.15, 0.2) is 72.6 Å². The first kappa shape index (κ1) is 22.6. The van der Waals surface area contributed by atoms with Gasteiger partial charge in [0.2, 0.25) is 0 Å². The maximum Gasteiger partial charge on any atom is 0.281 e. The molecule has 7 nitrogen and oxygen atoms in total. The minimum Gasteiger partial charge on any atom is -0.496 e. The second kappa shape index (κ2) is 9.23. The van der Waals surface area contributed by atoms with Crippen molar-refractivity contribution in [1.82, 2.24) is 15.1 Å². The van der Waals surface area contributed by atoms with E-state index in [0.29, 0.717) is 28.9 Å². The molecule has 0 radical (unpaired) electrons. The summed E-state index contributed by atoms with van der Waals surface area (Å²) in [5, 5.41) is 9.95. The van der Waals surface area contributed by atoms with E-state index in [1.165, 1.54) is 4.90 Å². The van der Waals surface area contributed by atoms with Crippen LogP contribution in [0.1, 0.15) is 16.8 Å². The number of amides is 1. The zero-order chi connectivity index (χ0) is 24.5. The maximum atomic E-state index is 13.1. The fraction of sp³-hybridized carbons (Fsp3) is 0.148. The Morgan fingerprint density at radius 2 is 1.89 bits per heavy atom. The van der Waals surface area contributed by atoms with Gasteiger partial charge in [-0.15, -0.1) is 0 Å². The Morgan fingerprint density at radius 3 is 2.63 bits per heavy atom. The highest BCUT2D eigenvalue weighted by atomic mass is 32.1. The van der Waals surface area contributed by atoms with Crippen LogP contribution in [0.4, 0.5) is 5.69 Å². The van der Waals surface area contributed by atoms with Crippen LogP contribution in [0.5, 0.6) is 11.5 Å². The molecule has 0 saturated carbocycles. The van der Waals surface area contributed by atoms with E-state index >= 15 is 0 Å². The molecule has 0 unspecified atom stereocenters. The zero-order valence-corrected chi connectivity index (χ0v) is 20.4. The monoisotopic (exact) mass is 484 g/mol. The van der Waals surface area contributed by atoms with Crippen molar-refractivity contribution in [3.63, 3.8) is 0 Å². The van der Waals surface area contributed by atoms with Crippen molar-refractivity contribution >= 4 is 45.8 Å². The molecule has 1 aliphatic rings. The average Bonchev–Trinajstić information content (AvgIpc) is 3.33. The third-order valence-corrected chi connectivity index (χ3v) is 6.12. The predicted molar refractivity (Wildman–Crippen MR) is 140 cm³/mol. The average molecular weight is 485 g/mol. The summed E-state index contributed by atoms with van der Waals surface area (Å²) in [6.45, 7) is 2.16. The molecule has 1 fully saturated rings. The molecule has 4 aromatic rings. The van der Waals surface area contributed by atoms with E-state index in [1.54, 1.807) is 24.1 Å². The Bertz CT molecular complexity index is 1490. The van der Waals surface area contributed by atoms with E-state index in [4.69, 9.17) is 21.7 Å². The molecule has 5 rings (SSSR count). The lowest BCUT2D eigenvalue weighted by atomic mass is 10.1. The molecule has 176 valence electrons. The predicted octanol–water partition coefficient (Wildman–Crippen LogP) is 4.73. The number of hydrogen-bond acceptors (Lipinski definition) is 5. The zero-order valence-electron chi connectivity index (χ0n) is 19.6. The Balaban J connectivity index is 1.38. The smallest absolute Gasteiger partial charge is 0.281 e. The van der Waals surface area contributed by atoms with Gasteiger partial charge in [-0.05, 0) is 65.8 Å². The maximum absolute atomic E-state index is 13.1. The fourth-order valence-electron chi connectivity index (χ4n) is 4.15. The number of anilines is 1. The minimum atomic E-state index is -0.226. The van der Waals surface area contributed by atoms with Gasteiger partial charge < -0.3 is 14.8 Å². The summed E-state index contributed by atoms with van der Waals surface area (Å²) >= 11 is 5.43. The van der Waals surface area contributed by atoms with Gasteiger partial charge in [-0.1, -0.05) is 36.4 Å². The number of rotatable bonds is 6. The second-order valence-corrected chi connectivity index (χ2v) is 8.66. The summed E-state index contributed by atoms with van der Waals surface area (Å²) in [5.41, 5.74) is 3.47. The van der Waals surface area contributed by atoms with Crippen molar-refractivity contribution in [3.05, 3.63) is 89.4 Å². The molecule has 0 aliphatic carbocycles. The van der Waals surface area contributed by atoms with Crippen molar-refractivity contribution in [3.8, 4) is 11.5 Å². The summed E-state index contributed by atoms with van der Waals surface area (Å²) in [4.78, 5) is 14.6. The molecular weight excluding hydrogens is 460 g/mol. The molecular formula is C27H24N4O3S. The highest BCUT2D eigenvalue weighted by molar-refractivity contribution is 7.80. The number of benzene rings is 3. The van der Waals surface area contributed by atoms with Gasteiger partial charge in [0.05, 0.1) is 18.5 Å². The number of aromatic nitrogens is 2. The highest BCUT2D eigenvalue weighted by Gasteiger charge is 2.33. The van der Waals surface area contributed by atoms with Crippen LogP contribution in [0.25, 0.3) is 16.8 Å². The van der Waals surface area contributed by atoms with Gasteiger partial charge in [0.25, 0.3) is 5.91 Å². The first-order chi connectivity index (χ1) is 16.9. The standard InChI is InChI=1S/C27H24N4O3S/c1-17-24(15-30(2)29-17)31-26(32)23(28-27(31)35)13-18-8-11-25(33-3)21(12-18)16-34-22-10-9-19-6-4-5-7-20(19)14-22/h4-15H,16H2,1-3H3,(H,28,35)/b23-13+. The molecule has 0 atom stereocenters. The Labute approximate surface area is 208 Å². The van der Waals surface area contributed by atoms with Crippen LogP contribution < -0.4 is 19.7 Å². The Hall–Kier alpha value is -4.17. The summed E-state index contributed by atoms with van der Waals surface area (Å²) in [6, 6.07) is 19.9. The van der Waals surface area contributed by atoms with E-state index in [-0.39, 0.29) is 5.91 Å². The highest BCUT2D eigenvalue weighted by Crippen LogP contribution is 2.28. The fourth-order valence-corrected chi connectivity index (χ4v) is 4.44. The summed E-state index contributed by atoms with van der Waals surface area (Å²) in [5.74, 6) is 1.26. The van der Waals surface area contributed by atoms with E-state index in [1.807, 2.05) is 62.5 Å². The number of nitrogens with zero attached hydrogens (tertiary/aromatic N) is 3. The van der Waals surface area contributed by atoms with Gasteiger partial charge in [-0.3, -0.25) is 9.48 Å². The van der Waals surface area contributed by atoms with Gasteiger partial charge >= 0.3 is 0 Å². The lowest BCUT2D eigenvalue weighted by Gasteiger charge is -2.12. The molecule has 2 heterocycles. The number of methoxy groups -OCH3 is 1. The minimum absolute atomic E-state index is 0.226. The summed E-state index contributed by atoms with van der Waals surface area (Å²) in [6.07, 6.45) is 3.55. The lowest BCUT2D eigenvalue weighted by Crippen LogP contribution is -2.30. The van der Waals surface area contributed by atoms with Gasteiger partial charge in [-0.2, -0.15) is 5.10 Å². The summed E-state index contributed by atoms with van der Waals surface area (Å²) < 4.78 is 13.3. The second-order valence-electron chi connectivity index (χ2n) is 8.27. The number of hydrogen-bond donors (Lipinski definition) is 1. The Kier molecular flexibility index (Phi) is 5.96. The van der Waals surface area contributed by atoms with Crippen LogP contribution in [0, 0.1) is 6.92 Å². The number of nitrogens with one attached hydrogen (secondary N) is 1. The number of aryl methyl sites for hydroxylation is 2. The van der Waals surface area contributed by atoms with Crippen molar-refractivity contribution in [2.45, 2.75) is 13.5 Å². The van der Waals surface area contributed by atoms with E-state index in [9.17, 15) is 4.79 Å². The number of ether oxygens (including phenoxy) is 2. The van der Waals surface area contributed by atoms with Crippen molar-refractivity contribution in [2.24, 2.45) is 7.05 Å². The van der Waals surface area contributed by atoms with Crippen molar-refractivity contribution in [1.29, 1.82) is 0 Å². The molecule has 3 aromatic carbocycles. The van der Waals surface area contributed by atoms with Crippen LogP contribution in [-0.4, -0.2) is 27.9 Å². The molecule has 0 bridgehead atoms. The third-order valence-electron chi connectivity index (χ3n) is 5.84. The number of carbonyl (C=O) groups excluding carboxylic acids is 1. The molecule has 1 N–H and O–H groups in total. The van der Waals surface area contributed by atoms with Crippen LogP contribution in [0.3, 0.4) is 0 Å². The SMILES string of the molecule is COc1ccc(/C=C2/NC(=S)N(c3cn(C)nc3C)C2=O)cc1COc1ccc2ccccc2c1. The topological polar surface area (TPSA) is 68.6 Å². The number of carbonyl (C=O) groups is 1. The van der Waals surface area contributed by atoms with Crippen LogP contribution >= 0.6 is 12.2 Å². The third kappa shape index (κ3) is 4.48. The van der Waals surface area contributed by atoms with Gasteiger partial charge in [0.1, 0.15) is 23.8 Å². The lowest BCUT2D eigenvalue weighted by molar-refractivity contribution is -0.113. The van der Waals surface area contributed by atoms with Crippen molar-refractivity contribution < 1.29 is 14.3 Å². The van der Waals surface area contributed by atoms with Gasteiger partial charge in [0.15, 0.2) is 5.11 Å². The first-order valence-electron chi connectivity index (χ1n) is 11.1. The van der Waals surface area contributed by atoms with Crippen LogP contribution in [0.2, 0.25) is 0 Å². The Morgan fingerprint density at radius 1 is 1.09 bits per heavy atom. The largest absolute Gasteiger partial charge is 0.496 e. The molecule has 35 heavy (non-hydrogen) atoms. The molecule has 1 saturated heterocycles. The van der Waals surface area contributed by atoms with E-state index in [0.717, 1.165) is 33.3 Å². The van der Waals surface area contributed by atoms with Gasteiger partial charge in [-0.25, -0.2) is 4.90 Å². The quantitative estimate of drug-likeness (QED) is 0.315. The molecule has 1 aliphatic heterocycles.